The molecule has 0 aliphatic heterocycles. The zero-order valence-electron chi connectivity index (χ0n) is 14.0. The summed E-state index contributed by atoms with van der Waals surface area (Å²) in [5, 5.41) is 0. The summed E-state index contributed by atoms with van der Waals surface area (Å²) in [4.78, 5) is 0. The van der Waals surface area contributed by atoms with Crippen molar-refractivity contribution in [2.24, 2.45) is 17.6 Å². The molecule has 3 atom stereocenters. The number of methoxy groups -OCH3 is 2. The van der Waals surface area contributed by atoms with Crippen LogP contribution in [-0.4, -0.2) is 20.3 Å². The van der Waals surface area contributed by atoms with Gasteiger partial charge in [0.2, 0.25) is 0 Å². The van der Waals surface area contributed by atoms with Crippen LogP contribution in [0.1, 0.15) is 45.6 Å². The first-order chi connectivity index (χ1) is 9.91. The maximum atomic E-state index is 6.49. The van der Waals surface area contributed by atoms with E-state index in [2.05, 4.69) is 20.8 Å². The zero-order valence-corrected chi connectivity index (χ0v) is 14.0. The fourth-order valence-electron chi connectivity index (χ4n) is 3.99. The maximum Gasteiger partial charge on any atom is 0.126 e. The van der Waals surface area contributed by atoms with Gasteiger partial charge in [0.15, 0.2) is 0 Å². The summed E-state index contributed by atoms with van der Waals surface area (Å²) >= 11 is 0. The molecule has 0 saturated heterocycles. The lowest BCUT2D eigenvalue weighted by molar-refractivity contribution is 0.165. The van der Waals surface area contributed by atoms with Gasteiger partial charge in [-0.05, 0) is 36.8 Å². The molecule has 3 heteroatoms. The number of ether oxygens (including phenoxy) is 2. The molecule has 2 N–H and O–H groups in total. The molecular formula is C18H29NO2. The van der Waals surface area contributed by atoms with Crippen molar-refractivity contribution in [3.63, 3.8) is 0 Å². The maximum absolute atomic E-state index is 6.49. The summed E-state index contributed by atoms with van der Waals surface area (Å²) in [6.07, 6.45) is 3.52. The van der Waals surface area contributed by atoms with Crippen LogP contribution in [0, 0.1) is 11.8 Å². The smallest absolute Gasteiger partial charge is 0.126 e. The van der Waals surface area contributed by atoms with Crippen molar-refractivity contribution in [2.45, 2.75) is 51.5 Å². The van der Waals surface area contributed by atoms with E-state index in [1.54, 1.807) is 14.2 Å². The second-order valence-electron chi connectivity index (χ2n) is 6.95. The van der Waals surface area contributed by atoms with Gasteiger partial charge in [0, 0.05) is 17.0 Å². The molecule has 1 aliphatic rings. The molecule has 0 amide bonds. The van der Waals surface area contributed by atoms with Gasteiger partial charge in [0.25, 0.3) is 0 Å². The lowest BCUT2D eigenvalue weighted by atomic mass is 9.63. The van der Waals surface area contributed by atoms with Crippen LogP contribution in [-0.2, 0) is 5.41 Å². The largest absolute Gasteiger partial charge is 0.496 e. The minimum atomic E-state index is -0.0719. The molecule has 2 rings (SSSR count). The van der Waals surface area contributed by atoms with E-state index >= 15 is 0 Å². The lowest BCUT2D eigenvalue weighted by Crippen LogP contribution is -2.46. The predicted octanol–water partition coefficient (Wildman–Crippen LogP) is 3.74. The molecule has 3 unspecified atom stereocenters. The first kappa shape index (κ1) is 16.2. The van der Waals surface area contributed by atoms with E-state index < -0.39 is 0 Å². The number of benzene rings is 1. The van der Waals surface area contributed by atoms with Crippen molar-refractivity contribution in [3.05, 3.63) is 23.8 Å². The molecule has 0 heterocycles. The predicted molar refractivity (Wildman–Crippen MR) is 87.1 cm³/mol. The summed E-state index contributed by atoms with van der Waals surface area (Å²) in [5.74, 6) is 2.96. The Labute approximate surface area is 128 Å². The number of hydrogen-bond donors (Lipinski definition) is 1. The van der Waals surface area contributed by atoms with E-state index in [1.165, 1.54) is 6.42 Å². The van der Waals surface area contributed by atoms with Crippen molar-refractivity contribution >= 4 is 0 Å². The second-order valence-corrected chi connectivity index (χ2v) is 6.95. The highest BCUT2D eigenvalue weighted by Crippen LogP contribution is 2.47. The number of rotatable bonds is 4. The van der Waals surface area contributed by atoms with E-state index in [1.807, 2.05) is 18.2 Å². The summed E-state index contributed by atoms with van der Waals surface area (Å²) in [6.45, 7) is 6.84. The first-order valence-corrected chi connectivity index (χ1v) is 7.88. The summed E-state index contributed by atoms with van der Waals surface area (Å²) in [5.41, 5.74) is 7.57. The van der Waals surface area contributed by atoms with Gasteiger partial charge in [0.1, 0.15) is 11.5 Å². The minimum Gasteiger partial charge on any atom is -0.496 e. The Morgan fingerprint density at radius 1 is 1.10 bits per heavy atom. The van der Waals surface area contributed by atoms with Gasteiger partial charge >= 0.3 is 0 Å². The molecule has 21 heavy (non-hydrogen) atoms. The summed E-state index contributed by atoms with van der Waals surface area (Å²) < 4.78 is 11.2. The van der Waals surface area contributed by atoms with Crippen molar-refractivity contribution in [1.82, 2.24) is 0 Å². The zero-order chi connectivity index (χ0) is 15.6. The number of hydrogen-bond acceptors (Lipinski definition) is 3. The molecule has 1 aromatic rings. The Bertz CT molecular complexity index is 462. The van der Waals surface area contributed by atoms with Gasteiger partial charge in [0.05, 0.1) is 14.2 Å². The topological polar surface area (TPSA) is 44.5 Å². The van der Waals surface area contributed by atoms with Gasteiger partial charge in [-0.1, -0.05) is 33.3 Å². The SMILES string of the molecule is COc1cccc(OC)c1C(C)(C)C1CCC(C)CC1N. The van der Waals surface area contributed by atoms with Crippen molar-refractivity contribution in [2.75, 3.05) is 14.2 Å². The molecule has 1 aromatic carbocycles. The Kier molecular flexibility index (Phi) is 4.82. The molecule has 1 fully saturated rings. The van der Waals surface area contributed by atoms with E-state index in [4.69, 9.17) is 15.2 Å². The van der Waals surface area contributed by atoms with Crippen LogP contribution in [0.5, 0.6) is 11.5 Å². The molecule has 118 valence electrons. The van der Waals surface area contributed by atoms with Gasteiger partial charge in [-0.25, -0.2) is 0 Å². The molecule has 0 spiro atoms. The van der Waals surface area contributed by atoms with Gasteiger partial charge in [-0.3, -0.25) is 0 Å². The van der Waals surface area contributed by atoms with Crippen LogP contribution in [0.25, 0.3) is 0 Å². The second kappa shape index (κ2) is 6.27. The average molecular weight is 291 g/mol. The van der Waals surface area contributed by atoms with Crippen molar-refractivity contribution in [3.8, 4) is 11.5 Å². The third-order valence-corrected chi connectivity index (χ3v) is 5.16. The van der Waals surface area contributed by atoms with E-state index in [9.17, 15) is 0 Å². The average Bonchev–Trinajstić information content (AvgIpc) is 2.45. The van der Waals surface area contributed by atoms with Crippen LogP contribution < -0.4 is 15.2 Å². The molecular weight excluding hydrogens is 262 g/mol. The standard InChI is InChI=1S/C18H29NO2/c1-12-9-10-13(14(19)11-12)18(2,3)17-15(20-4)7-6-8-16(17)21-5/h6-8,12-14H,9-11,19H2,1-5H3. The van der Waals surface area contributed by atoms with E-state index in [-0.39, 0.29) is 11.5 Å². The highest BCUT2D eigenvalue weighted by atomic mass is 16.5. The van der Waals surface area contributed by atoms with Crippen LogP contribution >= 0.6 is 0 Å². The Balaban J connectivity index is 2.43. The van der Waals surface area contributed by atoms with Crippen LogP contribution in [0.15, 0.2) is 18.2 Å². The minimum absolute atomic E-state index is 0.0719. The normalized spacial score (nSPS) is 26.5. The van der Waals surface area contributed by atoms with Crippen molar-refractivity contribution < 1.29 is 9.47 Å². The lowest BCUT2D eigenvalue weighted by Gasteiger charge is -2.43. The molecule has 0 radical (unpaired) electrons. The molecule has 0 aromatic heterocycles. The van der Waals surface area contributed by atoms with Crippen LogP contribution in [0.2, 0.25) is 0 Å². The van der Waals surface area contributed by atoms with Gasteiger partial charge in [-0.2, -0.15) is 0 Å². The van der Waals surface area contributed by atoms with Gasteiger partial charge < -0.3 is 15.2 Å². The highest BCUT2D eigenvalue weighted by molar-refractivity contribution is 5.50. The Morgan fingerprint density at radius 3 is 2.14 bits per heavy atom. The fourth-order valence-corrected chi connectivity index (χ4v) is 3.99. The summed E-state index contributed by atoms with van der Waals surface area (Å²) in [6, 6.07) is 6.23. The van der Waals surface area contributed by atoms with Crippen molar-refractivity contribution in [1.29, 1.82) is 0 Å². The third kappa shape index (κ3) is 3.03. The van der Waals surface area contributed by atoms with Crippen LogP contribution in [0.3, 0.4) is 0 Å². The summed E-state index contributed by atoms with van der Waals surface area (Å²) in [7, 11) is 3.44. The molecule has 0 bridgehead atoms. The quantitative estimate of drug-likeness (QED) is 0.919. The fraction of sp³-hybridized carbons (Fsp3) is 0.667. The Hall–Kier alpha value is -1.22. The molecule has 1 saturated carbocycles. The third-order valence-electron chi connectivity index (χ3n) is 5.16. The van der Waals surface area contributed by atoms with Crippen LogP contribution in [0.4, 0.5) is 0 Å². The molecule has 1 aliphatic carbocycles. The van der Waals surface area contributed by atoms with E-state index in [0.29, 0.717) is 5.92 Å². The van der Waals surface area contributed by atoms with Gasteiger partial charge in [-0.15, -0.1) is 0 Å². The monoisotopic (exact) mass is 291 g/mol. The van der Waals surface area contributed by atoms with E-state index in [0.717, 1.165) is 35.8 Å². The highest BCUT2D eigenvalue weighted by Gasteiger charge is 2.41. The first-order valence-electron chi connectivity index (χ1n) is 7.88. The molecule has 3 nitrogen and oxygen atoms in total. The Morgan fingerprint density at radius 2 is 1.67 bits per heavy atom. The number of nitrogens with two attached hydrogens (primary N) is 1.